The number of amides is 1. The van der Waals surface area contributed by atoms with Crippen molar-refractivity contribution in [3.8, 4) is 0 Å². The minimum atomic E-state index is -0.701. The van der Waals surface area contributed by atoms with Crippen LogP contribution >= 0.6 is 0 Å². The summed E-state index contributed by atoms with van der Waals surface area (Å²) in [6.07, 6.45) is 3.86. The van der Waals surface area contributed by atoms with Crippen LogP contribution in [-0.4, -0.2) is 36.2 Å². The second-order valence-electron chi connectivity index (χ2n) is 10.4. The van der Waals surface area contributed by atoms with Gasteiger partial charge in [-0.05, 0) is 58.8 Å². The molecule has 2 saturated heterocycles. The van der Waals surface area contributed by atoms with Gasteiger partial charge in [-0.2, -0.15) is 0 Å². The molecule has 4 aromatic carbocycles. The molecule has 0 aromatic heterocycles. The number of piperidine rings is 1. The number of halogens is 2. The first kappa shape index (κ1) is 26.0. The zero-order valence-electron chi connectivity index (χ0n) is 22.2. The Labute approximate surface area is 232 Å². The van der Waals surface area contributed by atoms with Crippen LogP contribution in [0, 0.1) is 11.6 Å². The van der Waals surface area contributed by atoms with E-state index in [2.05, 4.69) is 17.6 Å². The fourth-order valence-electron chi connectivity index (χ4n) is 5.81. The number of anilines is 1. The molecule has 4 aromatic rings. The van der Waals surface area contributed by atoms with Gasteiger partial charge < -0.3 is 9.64 Å². The SMILES string of the molecule is C=C1N(c2cccc3ccccc23)C(=O)OC12CCN(CCC=C(c1ccc(F)cc1)c1ccc(F)cc1)CC2. The second kappa shape index (κ2) is 10.7. The Hall–Kier alpha value is -4.29. The van der Waals surface area contributed by atoms with Crippen LogP contribution in [0.15, 0.2) is 109 Å². The molecule has 2 heterocycles. The van der Waals surface area contributed by atoms with Gasteiger partial charge >= 0.3 is 6.09 Å². The van der Waals surface area contributed by atoms with Crippen molar-refractivity contribution in [1.29, 1.82) is 0 Å². The Morgan fingerprint density at radius 2 is 1.45 bits per heavy atom. The fourth-order valence-corrected chi connectivity index (χ4v) is 5.81. The molecule has 202 valence electrons. The van der Waals surface area contributed by atoms with E-state index in [1.54, 1.807) is 29.2 Å². The average molecular weight is 537 g/mol. The van der Waals surface area contributed by atoms with Crippen molar-refractivity contribution in [2.24, 2.45) is 0 Å². The highest BCUT2D eigenvalue weighted by atomic mass is 19.1. The number of carbonyl (C=O) groups excluding carboxylic acids is 1. The monoisotopic (exact) mass is 536 g/mol. The summed E-state index contributed by atoms with van der Waals surface area (Å²) in [6.45, 7) is 6.69. The van der Waals surface area contributed by atoms with Crippen molar-refractivity contribution in [2.45, 2.75) is 24.9 Å². The van der Waals surface area contributed by atoms with Crippen molar-refractivity contribution < 1.29 is 18.3 Å². The molecule has 0 unspecified atom stereocenters. The Morgan fingerprint density at radius 3 is 2.10 bits per heavy atom. The number of nitrogens with zero attached hydrogens (tertiary/aromatic N) is 2. The first-order chi connectivity index (χ1) is 19.4. The van der Waals surface area contributed by atoms with E-state index >= 15 is 0 Å². The number of benzene rings is 4. The van der Waals surface area contributed by atoms with Gasteiger partial charge in [-0.1, -0.05) is 73.3 Å². The molecule has 0 aliphatic carbocycles. The minimum absolute atomic E-state index is 0.294. The first-order valence-corrected chi connectivity index (χ1v) is 13.6. The van der Waals surface area contributed by atoms with Gasteiger partial charge in [0.25, 0.3) is 0 Å². The third-order valence-electron chi connectivity index (χ3n) is 8.04. The molecule has 0 radical (unpaired) electrons. The summed E-state index contributed by atoms with van der Waals surface area (Å²) in [5, 5.41) is 2.05. The van der Waals surface area contributed by atoms with Gasteiger partial charge in [0, 0.05) is 37.9 Å². The normalized spacial score (nSPS) is 16.9. The Kier molecular flexibility index (Phi) is 6.95. The van der Waals surface area contributed by atoms with Crippen LogP contribution in [0.2, 0.25) is 0 Å². The van der Waals surface area contributed by atoms with Gasteiger partial charge in [0.15, 0.2) is 5.60 Å². The molecule has 1 amide bonds. The van der Waals surface area contributed by atoms with Crippen LogP contribution in [0.5, 0.6) is 0 Å². The van der Waals surface area contributed by atoms with Gasteiger partial charge in [0.2, 0.25) is 0 Å². The van der Waals surface area contributed by atoms with E-state index in [-0.39, 0.29) is 17.7 Å². The molecule has 4 nitrogen and oxygen atoms in total. The number of hydrogen-bond donors (Lipinski definition) is 0. The van der Waals surface area contributed by atoms with Crippen molar-refractivity contribution in [3.05, 3.63) is 132 Å². The molecule has 0 N–H and O–H groups in total. The Balaban J connectivity index is 1.14. The second-order valence-corrected chi connectivity index (χ2v) is 10.4. The zero-order chi connectivity index (χ0) is 27.7. The van der Waals surface area contributed by atoms with E-state index in [1.807, 2.05) is 42.5 Å². The number of carbonyl (C=O) groups is 1. The van der Waals surface area contributed by atoms with E-state index < -0.39 is 5.60 Å². The van der Waals surface area contributed by atoms with Gasteiger partial charge in [-0.15, -0.1) is 0 Å². The van der Waals surface area contributed by atoms with Crippen molar-refractivity contribution in [1.82, 2.24) is 4.90 Å². The molecule has 6 heteroatoms. The lowest BCUT2D eigenvalue weighted by Crippen LogP contribution is -2.45. The number of hydrogen-bond acceptors (Lipinski definition) is 3. The number of ether oxygens (including phenoxy) is 1. The van der Waals surface area contributed by atoms with Gasteiger partial charge in [0.05, 0.1) is 11.4 Å². The maximum Gasteiger partial charge on any atom is 0.419 e. The lowest BCUT2D eigenvalue weighted by Gasteiger charge is -2.38. The maximum absolute atomic E-state index is 13.6. The minimum Gasteiger partial charge on any atom is -0.436 e. The molecule has 2 fully saturated rings. The highest BCUT2D eigenvalue weighted by Gasteiger charge is 2.51. The van der Waals surface area contributed by atoms with E-state index in [1.165, 1.54) is 24.3 Å². The van der Waals surface area contributed by atoms with Crippen LogP contribution in [-0.2, 0) is 4.74 Å². The molecular formula is C34H30F2N2O2. The van der Waals surface area contributed by atoms with Crippen LogP contribution in [0.25, 0.3) is 16.3 Å². The summed E-state index contributed by atoms with van der Waals surface area (Å²) < 4.78 is 33.1. The van der Waals surface area contributed by atoms with E-state index in [0.717, 1.165) is 59.2 Å². The summed E-state index contributed by atoms with van der Waals surface area (Å²) in [6, 6.07) is 26.7. The predicted molar refractivity (Wildman–Crippen MR) is 155 cm³/mol. The third kappa shape index (κ3) is 4.91. The van der Waals surface area contributed by atoms with Crippen LogP contribution in [0.3, 0.4) is 0 Å². The van der Waals surface area contributed by atoms with Crippen LogP contribution < -0.4 is 4.90 Å². The molecule has 0 atom stereocenters. The summed E-state index contributed by atoms with van der Waals surface area (Å²) >= 11 is 0. The summed E-state index contributed by atoms with van der Waals surface area (Å²) in [5.74, 6) is -0.588. The fraction of sp³-hybridized carbons (Fsp3) is 0.206. The molecule has 2 aliphatic heterocycles. The molecule has 0 bridgehead atoms. The standard InChI is InChI=1S/C34H30F2N2O2/c1-24-34(40-33(39)38(24)32-10-4-7-25-6-2-3-8-31(25)32)19-22-37(23-20-34)21-5-9-30(26-11-15-28(35)16-12-26)27-13-17-29(36)18-14-27/h2-4,6-18H,1,5,19-23H2. The van der Waals surface area contributed by atoms with Gasteiger partial charge in [0.1, 0.15) is 11.6 Å². The van der Waals surface area contributed by atoms with Crippen molar-refractivity contribution in [3.63, 3.8) is 0 Å². The highest BCUT2D eigenvalue weighted by molar-refractivity contribution is 6.05. The molecule has 1 spiro atoms. The largest absolute Gasteiger partial charge is 0.436 e. The molecule has 40 heavy (non-hydrogen) atoms. The van der Waals surface area contributed by atoms with Crippen molar-refractivity contribution in [2.75, 3.05) is 24.5 Å². The number of likely N-dealkylation sites (tertiary alicyclic amines) is 1. The molecule has 0 saturated carbocycles. The zero-order valence-corrected chi connectivity index (χ0v) is 22.2. The highest BCUT2D eigenvalue weighted by Crippen LogP contribution is 2.44. The molecule has 6 rings (SSSR count). The Morgan fingerprint density at radius 1 is 0.850 bits per heavy atom. The van der Waals surface area contributed by atoms with Gasteiger partial charge in [-0.3, -0.25) is 0 Å². The van der Waals surface area contributed by atoms with Gasteiger partial charge in [-0.25, -0.2) is 18.5 Å². The van der Waals surface area contributed by atoms with E-state index in [9.17, 15) is 13.6 Å². The smallest absolute Gasteiger partial charge is 0.419 e. The first-order valence-electron chi connectivity index (χ1n) is 13.6. The Bertz CT molecular complexity index is 1530. The summed E-state index contributed by atoms with van der Waals surface area (Å²) in [4.78, 5) is 17.1. The van der Waals surface area contributed by atoms with E-state index in [0.29, 0.717) is 18.5 Å². The lowest BCUT2D eigenvalue weighted by molar-refractivity contribution is 0.0155. The topological polar surface area (TPSA) is 32.8 Å². The third-order valence-corrected chi connectivity index (χ3v) is 8.04. The van der Waals surface area contributed by atoms with E-state index in [4.69, 9.17) is 4.74 Å². The van der Waals surface area contributed by atoms with Crippen molar-refractivity contribution >= 4 is 28.1 Å². The number of fused-ring (bicyclic) bond motifs is 1. The maximum atomic E-state index is 13.6. The average Bonchev–Trinajstić information content (AvgIpc) is 3.21. The quantitative estimate of drug-likeness (QED) is 0.251. The van der Waals surface area contributed by atoms with Crippen LogP contribution in [0.1, 0.15) is 30.4 Å². The number of rotatable bonds is 6. The van der Waals surface area contributed by atoms with Crippen LogP contribution in [0.4, 0.5) is 19.3 Å². The molecule has 2 aliphatic rings. The molecular weight excluding hydrogens is 506 g/mol. The lowest BCUT2D eigenvalue weighted by atomic mass is 9.88. The summed E-state index contributed by atoms with van der Waals surface area (Å²) in [7, 11) is 0. The summed E-state index contributed by atoms with van der Waals surface area (Å²) in [5.41, 5.74) is 3.50. The predicted octanol–water partition coefficient (Wildman–Crippen LogP) is 7.94.